The highest BCUT2D eigenvalue weighted by Gasteiger charge is 2.22. The van der Waals surface area contributed by atoms with Crippen LogP contribution >= 0.6 is 12.2 Å². The number of methoxy groups -OCH3 is 1. The van der Waals surface area contributed by atoms with Crippen molar-refractivity contribution in [3.05, 3.63) is 56.6 Å². The van der Waals surface area contributed by atoms with Crippen LogP contribution in [0, 0.1) is 4.77 Å². The molecule has 0 aliphatic carbocycles. The molecule has 0 amide bonds. The largest absolute Gasteiger partial charge is 0.514 e. The summed E-state index contributed by atoms with van der Waals surface area (Å²) in [5.41, 5.74) is -0.0929. The van der Waals surface area contributed by atoms with Crippen molar-refractivity contribution in [2.24, 2.45) is 7.05 Å². The van der Waals surface area contributed by atoms with E-state index in [0.717, 1.165) is 17.2 Å². The first kappa shape index (κ1) is 19.8. The maximum absolute atomic E-state index is 12.8. The molecule has 0 aliphatic rings. The first-order valence-electron chi connectivity index (χ1n) is 7.21. The number of benzene rings is 1. The zero-order valence-corrected chi connectivity index (χ0v) is 15.5. The number of nitrogens with zero attached hydrogens (tertiary/aromatic N) is 2. The molecular weight excluding hydrogens is 384 g/mol. The second-order valence-electron chi connectivity index (χ2n) is 5.29. The second-order valence-corrected chi connectivity index (χ2v) is 7.08. The maximum atomic E-state index is 12.8. The number of hydrogen-bond donors (Lipinski definition) is 1. The van der Waals surface area contributed by atoms with E-state index in [2.05, 4.69) is 4.74 Å². The Hall–Kier alpha value is -2.50. The smallest absolute Gasteiger partial charge is 0.437 e. The van der Waals surface area contributed by atoms with Gasteiger partial charge in [0.15, 0.2) is 10.6 Å². The Morgan fingerprint density at radius 3 is 2.42 bits per heavy atom. The van der Waals surface area contributed by atoms with Crippen LogP contribution in [0.5, 0.6) is 5.88 Å². The number of hydrogen-bond acceptors (Lipinski definition) is 7. The first-order chi connectivity index (χ1) is 12.1. The van der Waals surface area contributed by atoms with Crippen LogP contribution < -0.4 is 10.3 Å². The summed E-state index contributed by atoms with van der Waals surface area (Å²) in [6.45, 7) is 0. The number of carbonyl (C=O) groups excluding carboxylic acids is 1. The molecule has 0 atom stereocenters. The second kappa shape index (κ2) is 7.81. The fourth-order valence-corrected chi connectivity index (χ4v) is 3.17. The van der Waals surface area contributed by atoms with E-state index in [4.69, 9.17) is 21.5 Å². The molecule has 0 spiro atoms. The molecule has 1 heterocycles. The Morgan fingerprint density at radius 1 is 1.27 bits per heavy atom. The first-order valence-corrected chi connectivity index (χ1v) is 9.23. The summed E-state index contributed by atoms with van der Waals surface area (Å²) in [5, 5.41) is 0. The third-order valence-electron chi connectivity index (χ3n) is 3.45. The van der Waals surface area contributed by atoms with Crippen LogP contribution in [0.2, 0.25) is 0 Å². The standard InChI is InChI=1S/C15H16N2O7S2/c1-16-13(24-15(19)23-2)11(8-10-6-4-3-5-7-10)12(18)17(14(16)25)9-26(20,21)22/h3-7H,8-9H2,1-2H3,(H,20,21,22). The summed E-state index contributed by atoms with van der Waals surface area (Å²) in [6.07, 6.45) is -1.02. The molecule has 2 aromatic rings. The van der Waals surface area contributed by atoms with Gasteiger partial charge in [-0.15, -0.1) is 0 Å². The summed E-state index contributed by atoms with van der Waals surface area (Å²) in [7, 11) is -2.02. The number of ether oxygens (including phenoxy) is 2. The quantitative estimate of drug-likeness (QED) is 0.456. The molecule has 9 nitrogen and oxygen atoms in total. The maximum Gasteiger partial charge on any atom is 0.514 e. The van der Waals surface area contributed by atoms with Gasteiger partial charge in [0.2, 0.25) is 5.88 Å². The van der Waals surface area contributed by atoms with Crippen molar-refractivity contribution >= 4 is 28.5 Å². The fraction of sp³-hybridized carbons (Fsp3) is 0.267. The molecule has 26 heavy (non-hydrogen) atoms. The summed E-state index contributed by atoms with van der Waals surface area (Å²) < 4.78 is 42.7. The average Bonchev–Trinajstić information content (AvgIpc) is 2.59. The van der Waals surface area contributed by atoms with E-state index >= 15 is 0 Å². The number of rotatable bonds is 5. The SMILES string of the molecule is COC(=O)Oc1c(Cc2ccccc2)c(=O)n(CS(=O)(=O)O)c(=S)n1C. The van der Waals surface area contributed by atoms with Crippen LogP contribution in [0.25, 0.3) is 0 Å². The van der Waals surface area contributed by atoms with Gasteiger partial charge in [0.1, 0.15) is 0 Å². The van der Waals surface area contributed by atoms with Gasteiger partial charge >= 0.3 is 6.16 Å². The van der Waals surface area contributed by atoms with Crippen LogP contribution in [-0.2, 0) is 34.2 Å². The summed E-state index contributed by atoms with van der Waals surface area (Å²) in [4.78, 5) is 24.3. The molecule has 0 fully saturated rings. The Kier molecular flexibility index (Phi) is 5.95. The van der Waals surface area contributed by atoms with E-state index in [1.54, 1.807) is 30.3 Å². The third-order valence-corrected chi connectivity index (χ3v) is 4.53. The molecule has 0 unspecified atom stereocenters. The van der Waals surface area contributed by atoms with Crippen molar-refractivity contribution in [3.63, 3.8) is 0 Å². The summed E-state index contributed by atoms with van der Waals surface area (Å²) in [6, 6.07) is 8.80. The molecule has 2 rings (SSSR count). The molecule has 1 N–H and O–H groups in total. The van der Waals surface area contributed by atoms with E-state index in [1.165, 1.54) is 7.05 Å². The van der Waals surface area contributed by atoms with Gasteiger partial charge in [0.05, 0.1) is 12.7 Å². The zero-order chi connectivity index (χ0) is 19.5. The Morgan fingerprint density at radius 2 is 1.88 bits per heavy atom. The third kappa shape index (κ3) is 4.56. The predicted octanol–water partition coefficient (Wildman–Crippen LogP) is 1.50. The van der Waals surface area contributed by atoms with Crippen molar-refractivity contribution in [2.75, 3.05) is 7.11 Å². The van der Waals surface area contributed by atoms with Gasteiger partial charge < -0.3 is 9.47 Å². The highest BCUT2D eigenvalue weighted by atomic mass is 32.2. The van der Waals surface area contributed by atoms with Gasteiger partial charge in [-0.25, -0.2) is 4.79 Å². The molecule has 0 radical (unpaired) electrons. The molecule has 0 aliphatic heterocycles. The van der Waals surface area contributed by atoms with Gasteiger partial charge in [-0.1, -0.05) is 30.3 Å². The Balaban J connectivity index is 2.72. The highest BCUT2D eigenvalue weighted by molar-refractivity contribution is 7.84. The van der Waals surface area contributed by atoms with Gasteiger partial charge in [-0.3, -0.25) is 18.5 Å². The van der Waals surface area contributed by atoms with Crippen molar-refractivity contribution in [1.82, 2.24) is 9.13 Å². The normalized spacial score (nSPS) is 11.2. The van der Waals surface area contributed by atoms with Gasteiger partial charge in [-0.05, 0) is 17.8 Å². The lowest BCUT2D eigenvalue weighted by molar-refractivity contribution is 0.117. The van der Waals surface area contributed by atoms with Crippen molar-refractivity contribution in [3.8, 4) is 5.88 Å². The zero-order valence-electron chi connectivity index (χ0n) is 13.9. The van der Waals surface area contributed by atoms with E-state index in [1.807, 2.05) is 0 Å². The Bertz CT molecular complexity index is 1040. The minimum Gasteiger partial charge on any atom is -0.437 e. The van der Waals surface area contributed by atoms with Crippen LogP contribution in [-0.4, -0.2) is 35.4 Å². The Labute approximate surface area is 154 Å². The van der Waals surface area contributed by atoms with Crippen LogP contribution in [0.4, 0.5) is 4.79 Å². The summed E-state index contributed by atoms with van der Waals surface area (Å²) >= 11 is 5.07. The molecule has 0 bridgehead atoms. The van der Waals surface area contributed by atoms with Crippen molar-refractivity contribution in [2.45, 2.75) is 12.3 Å². The molecule has 11 heteroatoms. The molecule has 0 saturated heterocycles. The van der Waals surface area contributed by atoms with E-state index in [-0.39, 0.29) is 22.6 Å². The number of carbonyl (C=O) groups is 1. The van der Waals surface area contributed by atoms with Crippen LogP contribution in [0.3, 0.4) is 0 Å². The van der Waals surface area contributed by atoms with Crippen LogP contribution in [0.15, 0.2) is 35.1 Å². The molecule has 0 saturated carbocycles. The molecule has 1 aromatic heterocycles. The van der Waals surface area contributed by atoms with Gasteiger partial charge in [-0.2, -0.15) is 8.42 Å². The van der Waals surface area contributed by atoms with Crippen molar-refractivity contribution in [1.29, 1.82) is 0 Å². The predicted molar refractivity (Wildman–Crippen MR) is 94.3 cm³/mol. The minimum atomic E-state index is -4.52. The monoisotopic (exact) mass is 400 g/mol. The van der Waals surface area contributed by atoms with Gasteiger partial charge in [0, 0.05) is 13.5 Å². The lowest BCUT2D eigenvalue weighted by Crippen LogP contribution is -2.32. The minimum absolute atomic E-state index is 0.0126. The molecule has 140 valence electrons. The lowest BCUT2D eigenvalue weighted by Gasteiger charge is -2.16. The van der Waals surface area contributed by atoms with Crippen LogP contribution in [0.1, 0.15) is 11.1 Å². The topological polar surface area (TPSA) is 117 Å². The number of aromatic nitrogens is 2. The van der Waals surface area contributed by atoms with Crippen molar-refractivity contribution < 1.29 is 27.2 Å². The van der Waals surface area contributed by atoms with E-state index in [0.29, 0.717) is 4.57 Å². The van der Waals surface area contributed by atoms with Gasteiger partial charge in [0.25, 0.3) is 15.7 Å². The molecular formula is C15H16N2O7S2. The lowest BCUT2D eigenvalue weighted by atomic mass is 10.1. The van der Waals surface area contributed by atoms with E-state index in [9.17, 15) is 18.0 Å². The molecule has 1 aromatic carbocycles. The summed E-state index contributed by atoms with van der Waals surface area (Å²) in [5.74, 6) is -1.18. The average molecular weight is 400 g/mol. The highest BCUT2D eigenvalue weighted by Crippen LogP contribution is 2.19. The van der Waals surface area contributed by atoms with E-state index < -0.39 is 27.7 Å². The fourth-order valence-electron chi connectivity index (χ4n) is 2.29.